The van der Waals surface area contributed by atoms with Crippen molar-refractivity contribution in [3.63, 3.8) is 0 Å². The minimum absolute atomic E-state index is 0.145. The van der Waals surface area contributed by atoms with Crippen molar-refractivity contribution in [3.8, 4) is 5.75 Å². The van der Waals surface area contributed by atoms with Crippen molar-refractivity contribution in [2.75, 3.05) is 14.2 Å². The van der Waals surface area contributed by atoms with Crippen molar-refractivity contribution in [2.45, 2.75) is 12.5 Å². The molecule has 1 unspecified atom stereocenters. The molecular formula is C15H16F2N2O. The predicted molar refractivity (Wildman–Crippen MR) is 72.7 cm³/mol. The summed E-state index contributed by atoms with van der Waals surface area (Å²) in [4.78, 5) is 3.99. The highest BCUT2D eigenvalue weighted by Gasteiger charge is 2.17. The fraction of sp³-hybridized carbons (Fsp3) is 0.267. The third kappa shape index (κ3) is 3.11. The van der Waals surface area contributed by atoms with Crippen molar-refractivity contribution < 1.29 is 13.5 Å². The van der Waals surface area contributed by atoms with Crippen LogP contribution in [0.15, 0.2) is 36.7 Å². The number of benzene rings is 1. The number of hydrogen-bond donors (Lipinski definition) is 1. The van der Waals surface area contributed by atoms with Crippen LogP contribution in [0.25, 0.3) is 0 Å². The van der Waals surface area contributed by atoms with Gasteiger partial charge in [-0.05, 0) is 31.2 Å². The van der Waals surface area contributed by atoms with E-state index >= 15 is 0 Å². The smallest absolute Gasteiger partial charge is 0.141 e. The van der Waals surface area contributed by atoms with Gasteiger partial charge in [0.15, 0.2) is 0 Å². The lowest BCUT2D eigenvalue weighted by Gasteiger charge is -2.19. The van der Waals surface area contributed by atoms with Crippen LogP contribution in [0.1, 0.15) is 17.2 Å². The highest BCUT2D eigenvalue weighted by atomic mass is 19.1. The van der Waals surface area contributed by atoms with E-state index in [-0.39, 0.29) is 6.04 Å². The van der Waals surface area contributed by atoms with Crippen molar-refractivity contribution in [1.82, 2.24) is 10.3 Å². The van der Waals surface area contributed by atoms with E-state index < -0.39 is 11.6 Å². The van der Waals surface area contributed by atoms with Gasteiger partial charge in [0.25, 0.3) is 0 Å². The number of ether oxygens (including phenoxy) is 1. The first-order valence-electron chi connectivity index (χ1n) is 6.24. The zero-order valence-electron chi connectivity index (χ0n) is 11.4. The van der Waals surface area contributed by atoms with Crippen LogP contribution in [0.2, 0.25) is 0 Å². The van der Waals surface area contributed by atoms with E-state index in [4.69, 9.17) is 4.74 Å². The summed E-state index contributed by atoms with van der Waals surface area (Å²) < 4.78 is 31.9. The zero-order chi connectivity index (χ0) is 14.5. The average Bonchev–Trinajstić information content (AvgIpc) is 2.46. The lowest BCUT2D eigenvalue weighted by atomic mass is 9.99. The molecule has 2 rings (SSSR count). The molecule has 2 aromatic rings. The molecule has 1 aromatic heterocycles. The Hall–Kier alpha value is -2.01. The molecule has 0 aliphatic heterocycles. The molecule has 0 saturated heterocycles. The number of pyridine rings is 1. The van der Waals surface area contributed by atoms with Crippen LogP contribution < -0.4 is 10.1 Å². The molecule has 1 atom stereocenters. The van der Waals surface area contributed by atoms with Crippen molar-refractivity contribution in [1.29, 1.82) is 0 Å². The van der Waals surface area contributed by atoms with Gasteiger partial charge in [0.05, 0.1) is 13.3 Å². The van der Waals surface area contributed by atoms with Gasteiger partial charge in [-0.25, -0.2) is 8.78 Å². The number of likely N-dealkylation sites (N-methyl/N-ethyl adjacent to an activating group) is 1. The van der Waals surface area contributed by atoms with Gasteiger partial charge in [0.1, 0.15) is 17.4 Å². The van der Waals surface area contributed by atoms with Crippen LogP contribution >= 0.6 is 0 Å². The fourth-order valence-corrected chi connectivity index (χ4v) is 2.12. The van der Waals surface area contributed by atoms with Gasteiger partial charge < -0.3 is 10.1 Å². The number of methoxy groups -OCH3 is 1. The molecule has 20 heavy (non-hydrogen) atoms. The summed E-state index contributed by atoms with van der Waals surface area (Å²) in [5, 5.41) is 3.12. The van der Waals surface area contributed by atoms with Gasteiger partial charge in [0, 0.05) is 23.9 Å². The van der Waals surface area contributed by atoms with E-state index in [0.29, 0.717) is 17.7 Å². The molecule has 0 aliphatic rings. The van der Waals surface area contributed by atoms with Crippen LogP contribution in [0.3, 0.4) is 0 Å². The Kier molecular flexibility index (Phi) is 4.63. The maximum atomic E-state index is 13.7. The van der Waals surface area contributed by atoms with Gasteiger partial charge in [-0.2, -0.15) is 0 Å². The first-order valence-corrected chi connectivity index (χ1v) is 6.24. The van der Waals surface area contributed by atoms with Crippen molar-refractivity contribution in [2.24, 2.45) is 0 Å². The molecule has 0 fully saturated rings. The fourth-order valence-electron chi connectivity index (χ4n) is 2.12. The van der Waals surface area contributed by atoms with E-state index in [1.54, 1.807) is 26.6 Å². The lowest BCUT2D eigenvalue weighted by molar-refractivity contribution is 0.398. The van der Waals surface area contributed by atoms with E-state index in [1.807, 2.05) is 6.07 Å². The van der Waals surface area contributed by atoms with Crippen LogP contribution in [-0.4, -0.2) is 19.1 Å². The van der Waals surface area contributed by atoms with E-state index in [9.17, 15) is 8.78 Å². The third-order valence-electron chi connectivity index (χ3n) is 3.20. The monoisotopic (exact) mass is 278 g/mol. The minimum atomic E-state index is -0.575. The van der Waals surface area contributed by atoms with Crippen molar-refractivity contribution >= 4 is 0 Å². The molecule has 0 radical (unpaired) electrons. The molecule has 0 amide bonds. The second-order valence-corrected chi connectivity index (χ2v) is 4.40. The Morgan fingerprint density at radius 3 is 2.75 bits per heavy atom. The molecule has 5 heteroatoms. The Bertz CT molecular complexity index is 590. The summed E-state index contributed by atoms with van der Waals surface area (Å²) in [5.74, 6) is -0.485. The summed E-state index contributed by atoms with van der Waals surface area (Å²) in [5.41, 5.74) is 1.33. The first kappa shape index (κ1) is 14.4. The standard InChI is InChI=1S/C15H16F2N2O/c1-18-14(12-5-6-19-9-15(12)20-2)7-10-3-4-11(16)8-13(10)17/h3-6,8-9,14,18H,7H2,1-2H3. The SMILES string of the molecule is CNC(Cc1ccc(F)cc1F)c1ccncc1OC. The lowest BCUT2D eigenvalue weighted by Crippen LogP contribution is -2.20. The molecule has 0 saturated carbocycles. The predicted octanol–water partition coefficient (Wildman–Crippen LogP) is 2.87. The largest absolute Gasteiger partial charge is 0.495 e. The average molecular weight is 278 g/mol. The van der Waals surface area contributed by atoms with Crippen LogP contribution in [0.4, 0.5) is 8.78 Å². The highest BCUT2D eigenvalue weighted by Crippen LogP contribution is 2.27. The number of rotatable bonds is 5. The highest BCUT2D eigenvalue weighted by molar-refractivity contribution is 5.34. The van der Waals surface area contributed by atoms with Gasteiger partial charge in [-0.3, -0.25) is 4.98 Å². The van der Waals surface area contributed by atoms with Gasteiger partial charge in [-0.1, -0.05) is 6.07 Å². The normalized spacial score (nSPS) is 12.2. The molecule has 1 N–H and O–H groups in total. The first-order chi connectivity index (χ1) is 9.65. The molecule has 1 heterocycles. The maximum Gasteiger partial charge on any atom is 0.141 e. The van der Waals surface area contributed by atoms with Gasteiger partial charge >= 0.3 is 0 Å². The molecule has 0 bridgehead atoms. The Labute approximate surface area is 116 Å². The molecule has 0 aliphatic carbocycles. The summed E-state index contributed by atoms with van der Waals surface area (Å²) in [7, 11) is 3.34. The Balaban J connectivity index is 2.29. The van der Waals surface area contributed by atoms with Gasteiger partial charge in [-0.15, -0.1) is 0 Å². The summed E-state index contributed by atoms with van der Waals surface area (Å²) in [6.07, 6.45) is 3.66. The minimum Gasteiger partial charge on any atom is -0.495 e. The molecular weight excluding hydrogens is 262 g/mol. The van der Waals surface area contributed by atoms with Crippen LogP contribution in [0.5, 0.6) is 5.75 Å². The van der Waals surface area contributed by atoms with Gasteiger partial charge in [0.2, 0.25) is 0 Å². The van der Waals surface area contributed by atoms with Crippen LogP contribution in [0, 0.1) is 11.6 Å². The molecule has 106 valence electrons. The maximum absolute atomic E-state index is 13.7. The molecule has 3 nitrogen and oxygen atoms in total. The molecule has 0 spiro atoms. The quantitative estimate of drug-likeness (QED) is 0.913. The summed E-state index contributed by atoms with van der Waals surface area (Å²) >= 11 is 0. The molecule has 1 aromatic carbocycles. The van der Waals surface area contributed by atoms with Crippen LogP contribution in [-0.2, 0) is 6.42 Å². The number of nitrogens with one attached hydrogen (secondary N) is 1. The van der Waals surface area contributed by atoms with E-state index in [0.717, 1.165) is 11.6 Å². The Morgan fingerprint density at radius 1 is 1.30 bits per heavy atom. The van der Waals surface area contributed by atoms with E-state index in [1.165, 1.54) is 12.1 Å². The number of hydrogen-bond acceptors (Lipinski definition) is 3. The number of aromatic nitrogens is 1. The zero-order valence-corrected chi connectivity index (χ0v) is 11.4. The van der Waals surface area contributed by atoms with E-state index in [2.05, 4.69) is 10.3 Å². The second-order valence-electron chi connectivity index (χ2n) is 4.40. The summed E-state index contributed by atoms with van der Waals surface area (Å²) in [6, 6.07) is 5.29. The topological polar surface area (TPSA) is 34.2 Å². The number of nitrogens with zero attached hydrogens (tertiary/aromatic N) is 1. The third-order valence-corrected chi connectivity index (χ3v) is 3.20. The number of halogens is 2. The summed E-state index contributed by atoms with van der Waals surface area (Å²) in [6.45, 7) is 0. The second kappa shape index (κ2) is 6.43. The van der Waals surface area contributed by atoms with Crippen molar-refractivity contribution in [3.05, 3.63) is 59.4 Å². The Morgan fingerprint density at radius 2 is 2.10 bits per heavy atom.